The SMILES string of the molecule is c1ccc(-c2ccc(N(c3ccc(-c4ccccc4)cc3)c3ccc(-c4cccc5c4-c4ccc(-c6ccccc6)cc4-c4cc6ccccc6cc4O5)cc3)cc2)cc1. The van der Waals surface area contributed by atoms with Gasteiger partial charge >= 0.3 is 0 Å². The van der Waals surface area contributed by atoms with Crippen LogP contribution in [-0.2, 0) is 0 Å². The van der Waals surface area contributed by atoms with Gasteiger partial charge in [-0.1, -0.05) is 176 Å². The predicted octanol–water partition coefficient (Wildman–Crippen LogP) is 16.4. The smallest absolute Gasteiger partial charge is 0.135 e. The van der Waals surface area contributed by atoms with Gasteiger partial charge in [0.1, 0.15) is 11.5 Å². The van der Waals surface area contributed by atoms with Crippen LogP contribution in [0.15, 0.2) is 237 Å². The van der Waals surface area contributed by atoms with E-state index in [2.05, 4.69) is 241 Å². The molecule has 2 nitrogen and oxygen atoms in total. The van der Waals surface area contributed by atoms with Crippen LogP contribution in [0.2, 0.25) is 0 Å². The zero-order valence-corrected chi connectivity index (χ0v) is 32.9. The summed E-state index contributed by atoms with van der Waals surface area (Å²) >= 11 is 0. The Morgan fingerprint density at radius 3 is 1.25 bits per heavy atom. The third-order valence-corrected chi connectivity index (χ3v) is 11.7. The number of ether oxygens (including phenoxy) is 1. The molecule has 0 spiro atoms. The van der Waals surface area contributed by atoms with Gasteiger partial charge in [-0.25, -0.2) is 0 Å². The molecule has 2 heteroatoms. The molecule has 0 atom stereocenters. The molecule has 0 saturated carbocycles. The van der Waals surface area contributed by atoms with Crippen LogP contribution in [0.25, 0.3) is 77.5 Å². The monoisotopic (exact) mass is 765 g/mol. The lowest BCUT2D eigenvalue weighted by Gasteiger charge is -2.26. The highest BCUT2D eigenvalue weighted by Crippen LogP contribution is 2.52. The third-order valence-electron chi connectivity index (χ3n) is 11.7. The van der Waals surface area contributed by atoms with E-state index < -0.39 is 0 Å². The largest absolute Gasteiger partial charge is 0.456 e. The quantitative estimate of drug-likeness (QED) is 0.160. The molecule has 10 aromatic carbocycles. The molecule has 1 aliphatic heterocycles. The minimum Gasteiger partial charge on any atom is -0.456 e. The summed E-state index contributed by atoms with van der Waals surface area (Å²) in [4.78, 5) is 2.34. The van der Waals surface area contributed by atoms with Crippen molar-refractivity contribution in [3.05, 3.63) is 237 Å². The number of benzene rings is 10. The average Bonchev–Trinajstić information content (AvgIpc) is 3.46. The number of nitrogens with zero attached hydrogens (tertiary/aromatic N) is 1. The molecular formula is C58H39NO. The molecule has 1 aliphatic rings. The van der Waals surface area contributed by atoms with Gasteiger partial charge in [0.15, 0.2) is 0 Å². The number of hydrogen-bond acceptors (Lipinski definition) is 2. The molecule has 10 aromatic rings. The van der Waals surface area contributed by atoms with Crippen molar-refractivity contribution < 1.29 is 4.74 Å². The lowest BCUT2D eigenvalue weighted by Crippen LogP contribution is -2.09. The maximum Gasteiger partial charge on any atom is 0.135 e. The highest BCUT2D eigenvalue weighted by atomic mass is 16.5. The predicted molar refractivity (Wildman–Crippen MR) is 251 cm³/mol. The first-order valence-electron chi connectivity index (χ1n) is 20.5. The van der Waals surface area contributed by atoms with Crippen LogP contribution in [0.1, 0.15) is 0 Å². The first kappa shape index (κ1) is 35.2. The fourth-order valence-electron chi connectivity index (χ4n) is 8.67. The third kappa shape index (κ3) is 6.51. The molecule has 0 radical (unpaired) electrons. The zero-order valence-electron chi connectivity index (χ0n) is 32.9. The van der Waals surface area contributed by atoms with E-state index in [1.165, 1.54) is 38.8 Å². The summed E-state index contributed by atoms with van der Waals surface area (Å²) in [5.74, 6) is 1.71. The van der Waals surface area contributed by atoms with E-state index in [4.69, 9.17) is 4.74 Å². The zero-order chi connectivity index (χ0) is 39.8. The van der Waals surface area contributed by atoms with Crippen molar-refractivity contribution in [2.45, 2.75) is 0 Å². The van der Waals surface area contributed by atoms with Gasteiger partial charge in [-0.15, -0.1) is 0 Å². The van der Waals surface area contributed by atoms with Crippen molar-refractivity contribution in [3.63, 3.8) is 0 Å². The fourth-order valence-corrected chi connectivity index (χ4v) is 8.67. The first-order chi connectivity index (χ1) is 29.7. The average molecular weight is 766 g/mol. The molecule has 0 saturated heterocycles. The van der Waals surface area contributed by atoms with E-state index in [0.717, 1.165) is 67.3 Å². The lowest BCUT2D eigenvalue weighted by molar-refractivity contribution is 0.488. The second kappa shape index (κ2) is 15.1. The highest BCUT2D eigenvalue weighted by Gasteiger charge is 2.25. The van der Waals surface area contributed by atoms with Crippen molar-refractivity contribution in [3.8, 4) is 78.3 Å². The van der Waals surface area contributed by atoms with E-state index in [9.17, 15) is 0 Å². The van der Waals surface area contributed by atoms with Crippen LogP contribution in [-0.4, -0.2) is 0 Å². The first-order valence-corrected chi connectivity index (χ1v) is 20.5. The van der Waals surface area contributed by atoms with Gasteiger partial charge in [0, 0.05) is 28.2 Å². The van der Waals surface area contributed by atoms with Crippen molar-refractivity contribution in [2.75, 3.05) is 4.90 Å². The van der Waals surface area contributed by atoms with E-state index in [0.29, 0.717) is 0 Å². The van der Waals surface area contributed by atoms with Crippen molar-refractivity contribution >= 4 is 27.8 Å². The minimum atomic E-state index is 0.845. The second-order valence-corrected chi connectivity index (χ2v) is 15.3. The van der Waals surface area contributed by atoms with Gasteiger partial charge in [0.25, 0.3) is 0 Å². The van der Waals surface area contributed by atoms with Crippen LogP contribution < -0.4 is 9.64 Å². The topological polar surface area (TPSA) is 12.5 Å². The van der Waals surface area contributed by atoms with Crippen LogP contribution in [0, 0.1) is 0 Å². The van der Waals surface area contributed by atoms with Crippen LogP contribution in [0.4, 0.5) is 17.1 Å². The van der Waals surface area contributed by atoms with E-state index in [1.807, 2.05) is 0 Å². The van der Waals surface area contributed by atoms with Crippen LogP contribution in [0.3, 0.4) is 0 Å². The molecule has 0 fully saturated rings. The van der Waals surface area contributed by atoms with Gasteiger partial charge in [-0.2, -0.15) is 0 Å². The maximum absolute atomic E-state index is 6.95. The molecule has 11 rings (SSSR count). The number of anilines is 3. The Hall–Kier alpha value is -7.94. The van der Waals surface area contributed by atoms with Gasteiger partial charge < -0.3 is 9.64 Å². The molecule has 0 amide bonds. The normalized spacial score (nSPS) is 11.5. The summed E-state index contributed by atoms with van der Waals surface area (Å²) in [6, 6.07) is 84.7. The van der Waals surface area contributed by atoms with E-state index >= 15 is 0 Å². The molecule has 0 unspecified atom stereocenters. The highest BCUT2D eigenvalue weighted by molar-refractivity contribution is 6.02. The Morgan fingerprint density at radius 1 is 0.250 bits per heavy atom. The molecule has 1 heterocycles. The number of rotatable bonds is 7. The Bertz CT molecular complexity index is 3040. The Balaban J connectivity index is 1.02. The standard InChI is InChI=1S/C58H39NO/c1-4-13-40(14-5-1)43-23-30-49(31-24-43)59(50-32-25-44(26-33-50)41-15-6-2-7-16-41)51-34-27-45(28-35-51)52-21-12-22-56-58(52)53-36-29-48(42-17-8-3-9-18-42)37-54(53)55-38-46-19-10-11-20-47(46)39-57(55)60-56/h1-39H. The van der Waals surface area contributed by atoms with Crippen molar-refractivity contribution in [2.24, 2.45) is 0 Å². The fraction of sp³-hybridized carbons (Fsp3) is 0. The summed E-state index contributed by atoms with van der Waals surface area (Å²) < 4.78 is 6.95. The molecule has 0 aromatic heterocycles. The Kier molecular flexibility index (Phi) is 8.87. The minimum absolute atomic E-state index is 0.845. The number of hydrogen-bond donors (Lipinski definition) is 0. The number of fused-ring (bicyclic) bond motifs is 6. The van der Waals surface area contributed by atoms with Gasteiger partial charge in [-0.05, 0) is 127 Å². The van der Waals surface area contributed by atoms with Crippen LogP contribution >= 0.6 is 0 Å². The van der Waals surface area contributed by atoms with E-state index in [-0.39, 0.29) is 0 Å². The summed E-state index contributed by atoms with van der Waals surface area (Å²) in [6.45, 7) is 0. The summed E-state index contributed by atoms with van der Waals surface area (Å²) in [5.41, 5.74) is 17.1. The molecule has 0 N–H and O–H groups in total. The molecular weight excluding hydrogens is 727 g/mol. The van der Waals surface area contributed by atoms with Gasteiger partial charge in [0.05, 0.1) is 0 Å². The van der Waals surface area contributed by atoms with Crippen LogP contribution in [0.5, 0.6) is 11.5 Å². The Labute approximate surface area is 350 Å². The summed E-state index contributed by atoms with van der Waals surface area (Å²) in [5, 5.41) is 2.34. The van der Waals surface area contributed by atoms with Gasteiger partial charge in [0.2, 0.25) is 0 Å². The summed E-state index contributed by atoms with van der Waals surface area (Å²) in [6.07, 6.45) is 0. The molecule has 0 bridgehead atoms. The van der Waals surface area contributed by atoms with Crippen molar-refractivity contribution in [1.29, 1.82) is 0 Å². The van der Waals surface area contributed by atoms with Crippen molar-refractivity contribution in [1.82, 2.24) is 0 Å². The summed E-state index contributed by atoms with van der Waals surface area (Å²) in [7, 11) is 0. The maximum atomic E-state index is 6.95. The molecule has 60 heavy (non-hydrogen) atoms. The second-order valence-electron chi connectivity index (χ2n) is 15.3. The van der Waals surface area contributed by atoms with Gasteiger partial charge in [-0.3, -0.25) is 0 Å². The Morgan fingerprint density at radius 2 is 0.700 bits per heavy atom. The lowest BCUT2D eigenvalue weighted by atomic mass is 9.87. The van der Waals surface area contributed by atoms with E-state index in [1.54, 1.807) is 0 Å². The molecule has 282 valence electrons. The molecule has 0 aliphatic carbocycles.